The Labute approximate surface area is 134 Å². The maximum absolute atomic E-state index is 12.1. The number of likely N-dealkylation sites (tertiary alicyclic amines) is 1. The zero-order valence-corrected chi connectivity index (χ0v) is 13.1. The molecule has 1 aliphatic heterocycles. The first-order chi connectivity index (χ1) is 11.2. The molecule has 0 bridgehead atoms. The van der Waals surface area contributed by atoms with Gasteiger partial charge in [-0.3, -0.25) is 9.69 Å². The number of carbonyl (C=O) groups is 1. The van der Waals surface area contributed by atoms with Crippen LogP contribution >= 0.6 is 0 Å². The number of ketones is 1. The first-order valence-corrected chi connectivity index (χ1v) is 7.71. The summed E-state index contributed by atoms with van der Waals surface area (Å²) in [7, 11) is 1.48. The van der Waals surface area contributed by atoms with Crippen LogP contribution in [0.4, 0.5) is 0 Å². The first kappa shape index (κ1) is 15.6. The number of aromatic hydroxyl groups is 1. The highest BCUT2D eigenvalue weighted by Crippen LogP contribution is 2.31. The van der Waals surface area contributed by atoms with Crippen LogP contribution in [0.15, 0.2) is 28.9 Å². The molecule has 6 nitrogen and oxygen atoms in total. The molecule has 0 aliphatic carbocycles. The lowest BCUT2D eigenvalue weighted by molar-refractivity contribution is -0.119. The zero-order valence-electron chi connectivity index (χ0n) is 13.1. The highest BCUT2D eigenvalue weighted by Gasteiger charge is 2.17. The fraction of sp³-hybridized carbons (Fsp3) is 0.412. The highest BCUT2D eigenvalue weighted by atomic mass is 16.5. The maximum atomic E-state index is 12.1. The minimum absolute atomic E-state index is 0.0591. The minimum Gasteiger partial charge on any atom is -0.504 e. The zero-order chi connectivity index (χ0) is 16.2. The largest absolute Gasteiger partial charge is 0.504 e. The second-order valence-corrected chi connectivity index (χ2v) is 5.73. The van der Waals surface area contributed by atoms with Gasteiger partial charge >= 0.3 is 0 Å². The normalized spacial score (nSPS) is 15.0. The van der Waals surface area contributed by atoms with E-state index in [2.05, 4.69) is 9.88 Å². The number of oxazole rings is 1. The number of Topliss-reactive ketones (excluding diaryl/α,β-unsaturated/α-hetero) is 1. The molecule has 1 aromatic carbocycles. The maximum Gasteiger partial charge on any atom is 0.226 e. The number of phenolic OH excluding ortho intramolecular Hbond substituents is 1. The molecule has 0 unspecified atom stereocenters. The van der Waals surface area contributed by atoms with Crippen LogP contribution in [0.5, 0.6) is 11.5 Å². The van der Waals surface area contributed by atoms with Crippen molar-refractivity contribution in [2.45, 2.75) is 19.3 Å². The van der Waals surface area contributed by atoms with Gasteiger partial charge in [0.1, 0.15) is 6.26 Å². The summed E-state index contributed by atoms with van der Waals surface area (Å²) in [5.74, 6) is 0.971. The molecular formula is C17H20N2O4. The van der Waals surface area contributed by atoms with E-state index in [9.17, 15) is 9.90 Å². The van der Waals surface area contributed by atoms with Crippen LogP contribution in [0.2, 0.25) is 0 Å². The van der Waals surface area contributed by atoms with Gasteiger partial charge in [-0.05, 0) is 44.1 Å². The Morgan fingerprint density at radius 1 is 1.39 bits per heavy atom. The number of ether oxygens (including phenoxy) is 1. The van der Waals surface area contributed by atoms with Crippen molar-refractivity contribution < 1.29 is 19.1 Å². The third-order valence-electron chi connectivity index (χ3n) is 3.96. The number of rotatable bonds is 6. The van der Waals surface area contributed by atoms with Crippen molar-refractivity contribution in [1.82, 2.24) is 9.88 Å². The Bertz CT molecular complexity index is 690. The summed E-state index contributed by atoms with van der Waals surface area (Å²) in [4.78, 5) is 18.6. The molecule has 0 amide bonds. The van der Waals surface area contributed by atoms with Crippen LogP contribution < -0.4 is 4.74 Å². The Morgan fingerprint density at radius 2 is 2.17 bits per heavy atom. The Kier molecular flexibility index (Phi) is 4.62. The van der Waals surface area contributed by atoms with Crippen molar-refractivity contribution >= 4 is 5.78 Å². The van der Waals surface area contributed by atoms with Crippen LogP contribution in [0, 0.1) is 0 Å². The summed E-state index contributed by atoms with van der Waals surface area (Å²) in [5, 5.41) is 9.62. The van der Waals surface area contributed by atoms with Crippen LogP contribution in [0.25, 0.3) is 11.5 Å². The molecule has 0 atom stereocenters. The van der Waals surface area contributed by atoms with Gasteiger partial charge in [-0.15, -0.1) is 0 Å². The summed E-state index contributed by atoms with van der Waals surface area (Å²) in [6.07, 6.45) is 4.12. The molecule has 1 fully saturated rings. The SMILES string of the molecule is COc1cc(-c2nc(CC(=O)CN3CCCC3)co2)ccc1O. The third-order valence-corrected chi connectivity index (χ3v) is 3.96. The highest BCUT2D eigenvalue weighted by molar-refractivity contribution is 5.82. The predicted molar refractivity (Wildman–Crippen MR) is 84.5 cm³/mol. The molecule has 0 saturated carbocycles. The molecule has 6 heteroatoms. The summed E-state index contributed by atoms with van der Waals surface area (Å²) in [5.41, 5.74) is 1.31. The smallest absolute Gasteiger partial charge is 0.226 e. The molecule has 0 spiro atoms. The summed E-state index contributed by atoms with van der Waals surface area (Å²) >= 11 is 0. The molecule has 1 saturated heterocycles. The number of benzene rings is 1. The summed E-state index contributed by atoms with van der Waals surface area (Å²) < 4.78 is 10.5. The number of hydrogen-bond acceptors (Lipinski definition) is 6. The Balaban J connectivity index is 1.66. The lowest BCUT2D eigenvalue weighted by atomic mass is 10.2. The van der Waals surface area contributed by atoms with Crippen molar-refractivity contribution in [3.8, 4) is 23.0 Å². The molecule has 1 N–H and O–H groups in total. The van der Waals surface area contributed by atoms with E-state index in [1.165, 1.54) is 32.3 Å². The van der Waals surface area contributed by atoms with Crippen molar-refractivity contribution in [3.63, 3.8) is 0 Å². The molecule has 23 heavy (non-hydrogen) atoms. The van der Waals surface area contributed by atoms with Gasteiger partial charge in [-0.1, -0.05) is 0 Å². The van der Waals surface area contributed by atoms with Gasteiger partial charge in [-0.25, -0.2) is 4.98 Å². The van der Waals surface area contributed by atoms with Crippen LogP contribution in [0.1, 0.15) is 18.5 Å². The number of nitrogens with zero attached hydrogens (tertiary/aromatic N) is 2. The summed E-state index contributed by atoms with van der Waals surface area (Å²) in [6.45, 7) is 2.49. The van der Waals surface area contributed by atoms with E-state index in [1.807, 2.05) is 0 Å². The molecule has 1 aromatic heterocycles. The van der Waals surface area contributed by atoms with E-state index in [4.69, 9.17) is 9.15 Å². The number of carbonyl (C=O) groups excluding carboxylic acids is 1. The second-order valence-electron chi connectivity index (χ2n) is 5.73. The number of phenols is 1. The van der Waals surface area contributed by atoms with Crippen molar-refractivity contribution in [2.24, 2.45) is 0 Å². The van der Waals surface area contributed by atoms with Crippen molar-refractivity contribution in [2.75, 3.05) is 26.7 Å². The number of aromatic nitrogens is 1. The molecule has 3 rings (SSSR count). The molecule has 2 aromatic rings. The van der Waals surface area contributed by atoms with Crippen molar-refractivity contribution in [3.05, 3.63) is 30.2 Å². The number of methoxy groups -OCH3 is 1. The van der Waals surface area contributed by atoms with E-state index in [-0.39, 0.29) is 18.0 Å². The van der Waals surface area contributed by atoms with Gasteiger partial charge in [0.2, 0.25) is 5.89 Å². The Hall–Kier alpha value is -2.34. The molecule has 2 heterocycles. The fourth-order valence-electron chi connectivity index (χ4n) is 2.78. The predicted octanol–water partition coefficient (Wildman–Crippen LogP) is 2.26. The molecule has 122 valence electrons. The third kappa shape index (κ3) is 3.71. The van der Waals surface area contributed by atoms with E-state index in [1.54, 1.807) is 12.1 Å². The lowest BCUT2D eigenvalue weighted by Gasteiger charge is -2.12. The average Bonchev–Trinajstić information content (AvgIpc) is 3.19. The van der Waals surface area contributed by atoms with Crippen LogP contribution in [-0.4, -0.2) is 47.5 Å². The van der Waals surface area contributed by atoms with Crippen LogP contribution in [0.3, 0.4) is 0 Å². The van der Waals surface area contributed by atoms with E-state index < -0.39 is 0 Å². The Morgan fingerprint density at radius 3 is 2.91 bits per heavy atom. The van der Waals surface area contributed by atoms with E-state index >= 15 is 0 Å². The number of hydrogen-bond donors (Lipinski definition) is 1. The van der Waals surface area contributed by atoms with Crippen LogP contribution in [-0.2, 0) is 11.2 Å². The topological polar surface area (TPSA) is 75.8 Å². The van der Waals surface area contributed by atoms with Crippen molar-refractivity contribution in [1.29, 1.82) is 0 Å². The average molecular weight is 316 g/mol. The quantitative estimate of drug-likeness (QED) is 0.881. The van der Waals surface area contributed by atoms with Gasteiger partial charge in [-0.2, -0.15) is 0 Å². The van der Waals surface area contributed by atoms with Gasteiger partial charge in [0.15, 0.2) is 17.3 Å². The molecule has 0 radical (unpaired) electrons. The summed E-state index contributed by atoms with van der Waals surface area (Å²) in [6, 6.07) is 4.87. The fourth-order valence-corrected chi connectivity index (χ4v) is 2.78. The minimum atomic E-state index is 0.0591. The van der Waals surface area contributed by atoms with Gasteiger partial charge in [0, 0.05) is 5.56 Å². The molecule has 1 aliphatic rings. The first-order valence-electron chi connectivity index (χ1n) is 7.71. The van der Waals surface area contributed by atoms with E-state index in [0.29, 0.717) is 29.4 Å². The molecular weight excluding hydrogens is 296 g/mol. The van der Waals surface area contributed by atoms with Gasteiger partial charge < -0.3 is 14.3 Å². The van der Waals surface area contributed by atoms with Gasteiger partial charge in [0.05, 0.1) is 25.8 Å². The second kappa shape index (κ2) is 6.83. The lowest BCUT2D eigenvalue weighted by Crippen LogP contribution is -2.27. The van der Waals surface area contributed by atoms with E-state index in [0.717, 1.165) is 13.1 Å². The standard InChI is InChI=1S/C17H20N2O4/c1-22-16-8-12(4-5-15(16)21)17-18-13(11-23-17)9-14(20)10-19-6-2-3-7-19/h4-5,8,11,21H,2-3,6-7,9-10H2,1H3. The monoisotopic (exact) mass is 316 g/mol. The van der Waals surface area contributed by atoms with Gasteiger partial charge in [0.25, 0.3) is 0 Å².